The molecule has 0 unspecified atom stereocenters. The Morgan fingerprint density at radius 2 is 1.50 bits per heavy atom. The molecule has 26 heavy (non-hydrogen) atoms. The standard InChI is InChI=1S/C19H40O5Si2/c1-18(2,3)25(7,8)23-15(13-20)17(14-11-12-16(21)22-14)24-26(9,10)19(4,5)6/h14-15,17,20H,11-13H2,1-10H3/t14-,15-,17+/m1/s1. The molecule has 7 heteroatoms. The van der Waals surface area contributed by atoms with Crippen LogP contribution in [0.1, 0.15) is 54.4 Å². The summed E-state index contributed by atoms with van der Waals surface area (Å²) in [5, 5.41) is 10.2. The van der Waals surface area contributed by atoms with E-state index in [0.29, 0.717) is 12.8 Å². The highest BCUT2D eigenvalue weighted by Crippen LogP contribution is 2.41. The van der Waals surface area contributed by atoms with Crippen molar-refractivity contribution in [3.63, 3.8) is 0 Å². The third kappa shape index (κ3) is 5.64. The molecule has 1 aliphatic heterocycles. The molecule has 1 N–H and O–H groups in total. The summed E-state index contributed by atoms with van der Waals surface area (Å²) in [7, 11) is -4.23. The number of aliphatic hydroxyl groups is 1. The Kier molecular flexibility index (Phi) is 7.36. The van der Waals surface area contributed by atoms with Gasteiger partial charge in [0.2, 0.25) is 0 Å². The largest absolute Gasteiger partial charge is 0.460 e. The zero-order valence-electron chi connectivity index (χ0n) is 18.4. The van der Waals surface area contributed by atoms with Gasteiger partial charge in [-0.05, 0) is 42.7 Å². The third-order valence-corrected chi connectivity index (χ3v) is 15.3. The summed E-state index contributed by atoms with van der Waals surface area (Å²) >= 11 is 0. The highest BCUT2D eigenvalue weighted by molar-refractivity contribution is 6.74. The molecule has 5 nitrogen and oxygen atoms in total. The number of ether oxygens (including phenoxy) is 1. The topological polar surface area (TPSA) is 65.0 Å². The van der Waals surface area contributed by atoms with E-state index in [1.807, 2.05) is 0 Å². The second-order valence-corrected chi connectivity index (χ2v) is 20.0. The minimum atomic E-state index is -2.12. The average molecular weight is 405 g/mol. The summed E-state index contributed by atoms with van der Waals surface area (Å²) in [4.78, 5) is 11.7. The second kappa shape index (κ2) is 8.03. The van der Waals surface area contributed by atoms with E-state index in [-0.39, 0.29) is 28.8 Å². The molecule has 1 saturated heterocycles. The van der Waals surface area contributed by atoms with Gasteiger partial charge in [-0.25, -0.2) is 0 Å². The number of hydrogen-bond donors (Lipinski definition) is 1. The summed E-state index contributed by atoms with van der Waals surface area (Å²) in [6.45, 7) is 21.6. The Bertz CT molecular complexity index is 491. The van der Waals surface area contributed by atoms with Crippen molar-refractivity contribution in [3.8, 4) is 0 Å². The minimum absolute atomic E-state index is 0.0187. The maximum atomic E-state index is 11.7. The van der Waals surface area contributed by atoms with Gasteiger partial charge in [-0.15, -0.1) is 0 Å². The average Bonchev–Trinajstić information content (AvgIpc) is 2.86. The fraction of sp³-hybridized carbons (Fsp3) is 0.947. The van der Waals surface area contributed by atoms with Crippen LogP contribution >= 0.6 is 0 Å². The van der Waals surface area contributed by atoms with Crippen LogP contribution in [0.5, 0.6) is 0 Å². The van der Waals surface area contributed by atoms with Crippen LogP contribution in [0.15, 0.2) is 0 Å². The molecule has 0 amide bonds. The summed E-state index contributed by atoms with van der Waals surface area (Å²) in [5.74, 6) is -0.192. The van der Waals surface area contributed by atoms with Gasteiger partial charge in [0.05, 0.1) is 12.7 Å². The number of aliphatic hydroxyl groups excluding tert-OH is 1. The lowest BCUT2D eigenvalue weighted by Gasteiger charge is -2.45. The van der Waals surface area contributed by atoms with Crippen LogP contribution in [0, 0.1) is 0 Å². The fourth-order valence-electron chi connectivity index (χ4n) is 2.45. The van der Waals surface area contributed by atoms with E-state index in [0.717, 1.165) is 0 Å². The highest BCUT2D eigenvalue weighted by atomic mass is 28.4. The van der Waals surface area contributed by atoms with Gasteiger partial charge < -0.3 is 18.7 Å². The van der Waals surface area contributed by atoms with Gasteiger partial charge in [-0.2, -0.15) is 0 Å². The van der Waals surface area contributed by atoms with Gasteiger partial charge in [-0.3, -0.25) is 4.79 Å². The first-order valence-corrected chi connectivity index (χ1v) is 15.5. The van der Waals surface area contributed by atoms with Gasteiger partial charge in [-0.1, -0.05) is 41.5 Å². The Labute approximate surface area is 162 Å². The van der Waals surface area contributed by atoms with Crippen LogP contribution in [0.2, 0.25) is 36.3 Å². The molecule has 0 radical (unpaired) electrons. The molecule has 154 valence electrons. The number of carbonyl (C=O) groups excluding carboxylic acids is 1. The molecule has 0 aromatic rings. The van der Waals surface area contributed by atoms with Crippen LogP contribution in [-0.4, -0.2) is 52.6 Å². The highest BCUT2D eigenvalue weighted by Gasteiger charge is 2.48. The Morgan fingerprint density at radius 1 is 1.04 bits per heavy atom. The van der Waals surface area contributed by atoms with Crippen molar-refractivity contribution in [3.05, 3.63) is 0 Å². The molecule has 0 aromatic heterocycles. The zero-order chi connectivity index (χ0) is 20.6. The van der Waals surface area contributed by atoms with E-state index in [4.69, 9.17) is 13.6 Å². The predicted molar refractivity (Wildman–Crippen MR) is 110 cm³/mol. The van der Waals surface area contributed by atoms with Crippen molar-refractivity contribution in [1.82, 2.24) is 0 Å². The molecule has 1 rings (SSSR count). The van der Waals surface area contributed by atoms with Gasteiger partial charge >= 0.3 is 5.97 Å². The SMILES string of the molecule is CC(C)(C)[Si](C)(C)O[C@@H]([C@H]1CCC(=O)O1)[C@@H](CO)O[Si](C)(C)C(C)(C)C. The van der Waals surface area contributed by atoms with E-state index in [2.05, 4.69) is 67.7 Å². The number of cyclic esters (lactones) is 1. The van der Waals surface area contributed by atoms with Crippen LogP contribution < -0.4 is 0 Å². The van der Waals surface area contributed by atoms with Crippen molar-refractivity contribution in [2.24, 2.45) is 0 Å². The molecule has 1 heterocycles. The number of rotatable bonds is 7. The van der Waals surface area contributed by atoms with Gasteiger partial charge in [0.1, 0.15) is 12.2 Å². The number of carbonyl (C=O) groups is 1. The number of hydrogen-bond acceptors (Lipinski definition) is 5. The lowest BCUT2D eigenvalue weighted by atomic mass is 10.1. The molecule has 0 aromatic carbocycles. The molecule has 1 fully saturated rings. The minimum Gasteiger partial charge on any atom is -0.460 e. The van der Waals surface area contributed by atoms with E-state index < -0.39 is 28.8 Å². The van der Waals surface area contributed by atoms with E-state index >= 15 is 0 Å². The molecule has 0 saturated carbocycles. The van der Waals surface area contributed by atoms with E-state index in [1.165, 1.54) is 0 Å². The van der Waals surface area contributed by atoms with Crippen molar-refractivity contribution in [2.75, 3.05) is 6.61 Å². The van der Waals surface area contributed by atoms with Crippen LogP contribution in [0.25, 0.3) is 0 Å². The molecule has 0 spiro atoms. The van der Waals surface area contributed by atoms with Gasteiger partial charge in [0, 0.05) is 6.42 Å². The summed E-state index contributed by atoms with van der Waals surface area (Å²) < 4.78 is 18.7. The first-order valence-electron chi connectivity index (χ1n) is 9.68. The molecular formula is C19H40O5Si2. The van der Waals surface area contributed by atoms with Gasteiger partial charge in [0.15, 0.2) is 16.6 Å². The molecule has 0 bridgehead atoms. The van der Waals surface area contributed by atoms with Crippen LogP contribution in [0.4, 0.5) is 0 Å². The van der Waals surface area contributed by atoms with Gasteiger partial charge in [0.25, 0.3) is 0 Å². The second-order valence-electron chi connectivity index (χ2n) is 10.5. The summed E-state index contributed by atoms with van der Waals surface area (Å²) in [6.07, 6.45) is -0.239. The summed E-state index contributed by atoms with van der Waals surface area (Å²) in [6, 6.07) is 0. The number of esters is 1. The maximum Gasteiger partial charge on any atom is 0.306 e. The van der Waals surface area contributed by atoms with E-state index in [1.54, 1.807) is 0 Å². The van der Waals surface area contributed by atoms with Crippen molar-refractivity contribution >= 4 is 22.6 Å². The Morgan fingerprint density at radius 3 is 1.85 bits per heavy atom. The van der Waals surface area contributed by atoms with Crippen LogP contribution in [0.3, 0.4) is 0 Å². The van der Waals surface area contributed by atoms with Crippen molar-refractivity contribution in [1.29, 1.82) is 0 Å². The molecule has 0 aliphatic carbocycles. The molecule has 1 aliphatic rings. The van der Waals surface area contributed by atoms with Crippen LogP contribution in [-0.2, 0) is 18.4 Å². The maximum absolute atomic E-state index is 11.7. The Hall–Kier alpha value is -0.216. The molecular weight excluding hydrogens is 364 g/mol. The lowest BCUT2D eigenvalue weighted by molar-refractivity contribution is -0.148. The zero-order valence-corrected chi connectivity index (χ0v) is 20.4. The lowest BCUT2D eigenvalue weighted by Crippen LogP contribution is -2.56. The third-order valence-electron chi connectivity index (χ3n) is 6.32. The van der Waals surface area contributed by atoms with E-state index in [9.17, 15) is 9.90 Å². The Balaban J connectivity index is 3.15. The smallest absolute Gasteiger partial charge is 0.306 e. The normalized spacial score (nSPS) is 22.3. The quantitative estimate of drug-likeness (QED) is 0.501. The molecule has 3 atom stereocenters. The van der Waals surface area contributed by atoms with Crippen molar-refractivity contribution in [2.45, 2.75) is 109 Å². The first-order chi connectivity index (χ1) is 11.5. The monoisotopic (exact) mass is 404 g/mol. The first kappa shape index (κ1) is 23.8. The predicted octanol–water partition coefficient (Wildman–Crippen LogP) is 4.47. The van der Waals surface area contributed by atoms with Crippen molar-refractivity contribution < 1.29 is 23.5 Å². The fourth-order valence-corrected chi connectivity index (χ4v) is 5.11. The summed E-state index contributed by atoms with van der Waals surface area (Å²) in [5.41, 5.74) is 0.